The first-order chi connectivity index (χ1) is 12.9. The highest BCUT2D eigenvalue weighted by Crippen LogP contribution is 2.24. The second-order valence-corrected chi connectivity index (χ2v) is 5.99. The minimum absolute atomic E-state index is 0.545. The summed E-state index contributed by atoms with van der Waals surface area (Å²) >= 11 is 0. The molecule has 0 amide bonds. The molecule has 1 N–H and O–H groups in total. The predicted molar refractivity (Wildman–Crippen MR) is 98.8 cm³/mol. The maximum atomic E-state index is 5.85. The minimum Gasteiger partial charge on any atom is -0.489 e. The van der Waals surface area contributed by atoms with Gasteiger partial charge in [-0.2, -0.15) is 0 Å². The maximum Gasteiger partial charge on any atom is 0.180 e. The van der Waals surface area contributed by atoms with Crippen LogP contribution in [0.25, 0.3) is 28.2 Å². The van der Waals surface area contributed by atoms with E-state index in [1.807, 2.05) is 71.3 Å². The second-order valence-electron chi connectivity index (χ2n) is 5.99. The van der Waals surface area contributed by atoms with E-state index in [0.29, 0.717) is 6.61 Å². The standard InChI is InChI=1S/C20H15N5O/c1-2-4-14(5-3-1)13-26-16-8-6-15(7-9-16)20-24-23-18-12-22-19-17(25(18)20)10-11-21-19/h1-12,21H,13H2. The molecule has 0 fully saturated rings. The van der Waals surface area contributed by atoms with E-state index in [1.165, 1.54) is 0 Å². The fourth-order valence-electron chi connectivity index (χ4n) is 3.00. The summed E-state index contributed by atoms with van der Waals surface area (Å²) in [4.78, 5) is 7.46. The largest absolute Gasteiger partial charge is 0.489 e. The van der Waals surface area contributed by atoms with Gasteiger partial charge in [0.2, 0.25) is 0 Å². The number of ether oxygens (including phenoxy) is 1. The normalized spacial score (nSPS) is 11.2. The van der Waals surface area contributed by atoms with Gasteiger partial charge in [0.1, 0.15) is 12.4 Å². The molecule has 0 aliphatic heterocycles. The van der Waals surface area contributed by atoms with Crippen molar-refractivity contribution < 1.29 is 4.74 Å². The molecule has 5 rings (SSSR count). The number of hydrogen-bond acceptors (Lipinski definition) is 4. The van der Waals surface area contributed by atoms with Crippen LogP contribution >= 0.6 is 0 Å². The number of fused-ring (bicyclic) bond motifs is 3. The number of nitrogens with one attached hydrogen (secondary N) is 1. The molecular formula is C20H15N5O. The number of benzene rings is 2. The number of rotatable bonds is 4. The molecule has 3 heterocycles. The van der Waals surface area contributed by atoms with Gasteiger partial charge in [0.25, 0.3) is 0 Å². The third-order valence-electron chi connectivity index (χ3n) is 4.30. The molecule has 0 saturated carbocycles. The van der Waals surface area contributed by atoms with Crippen molar-refractivity contribution in [2.75, 3.05) is 0 Å². The van der Waals surface area contributed by atoms with Gasteiger partial charge in [0.15, 0.2) is 17.1 Å². The van der Waals surface area contributed by atoms with Gasteiger partial charge in [0.05, 0.1) is 11.7 Å². The summed E-state index contributed by atoms with van der Waals surface area (Å²) in [5, 5.41) is 8.57. The Morgan fingerprint density at radius 2 is 1.77 bits per heavy atom. The minimum atomic E-state index is 0.545. The Balaban J connectivity index is 1.46. The van der Waals surface area contributed by atoms with Crippen molar-refractivity contribution in [2.45, 2.75) is 6.61 Å². The van der Waals surface area contributed by atoms with Gasteiger partial charge in [-0.25, -0.2) is 4.98 Å². The molecule has 6 heteroatoms. The SMILES string of the molecule is c1ccc(COc2ccc(-c3nnc4cnc5[nH]ccc5n34)cc2)cc1. The Kier molecular flexibility index (Phi) is 3.38. The van der Waals surface area contributed by atoms with Gasteiger partial charge < -0.3 is 9.72 Å². The fraction of sp³-hybridized carbons (Fsp3) is 0.0500. The van der Waals surface area contributed by atoms with Crippen LogP contribution in [0.15, 0.2) is 73.1 Å². The summed E-state index contributed by atoms with van der Waals surface area (Å²) in [6.07, 6.45) is 3.58. The lowest BCUT2D eigenvalue weighted by atomic mass is 10.2. The number of aromatic amines is 1. The molecule has 0 saturated heterocycles. The molecule has 0 radical (unpaired) electrons. The molecule has 0 spiro atoms. The van der Waals surface area contributed by atoms with Crippen LogP contribution in [0, 0.1) is 0 Å². The highest BCUT2D eigenvalue weighted by atomic mass is 16.5. The molecular weight excluding hydrogens is 326 g/mol. The lowest BCUT2D eigenvalue weighted by Gasteiger charge is -2.07. The molecule has 0 aliphatic carbocycles. The topological polar surface area (TPSA) is 68.1 Å². The van der Waals surface area contributed by atoms with E-state index >= 15 is 0 Å². The van der Waals surface area contributed by atoms with Gasteiger partial charge in [-0.15, -0.1) is 10.2 Å². The lowest BCUT2D eigenvalue weighted by molar-refractivity contribution is 0.306. The summed E-state index contributed by atoms with van der Waals surface area (Å²) in [6.45, 7) is 0.545. The molecule has 26 heavy (non-hydrogen) atoms. The van der Waals surface area contributed by atoms with Gasteiger partial charge in [0, 0.05) is 11.8 Å². The van der Waals surface area contributed by atoms with E-state index in [9.17, 15) is 0 Å². The Morgan fingerprint density at radius 1 is 0.923 bits per heavy atom. The molecule has 5 aromatic rings. The van der Waals surface area contributed by atoms with Crippen molar-refractivity contribution >= 4 is 16.8 Å². The fourth-order valence-corrected chi connectivity index (χ4v) is 3.00. The molecule has 0 aliphatic rings. The highest BCUT2D eigenvalue weighted by molar-refractivity contribution is 5.77. The molecule has 0 atom stereocenters. The number of H-pyrrole nitrogens is 1. The van der Waals surface area contributed by atoms with Crippen LogP contribution in [0.5, 0.6) is 5.75 Å². The van der Waals surface area contributed by atoms with E-state index in [4.69, 9.17) is 4.74 Å². The third-order valence-corrected chi connectivity index (χ3v) is 4.30. The zero-order chi connectivity index (χ0) is 17.3. The quantitative estimate of drug-likeness (QED) is 0.539. The van der Waals surface area contributed by atoms with Crippen molar-refractivity contribution in [1.29, 1.82) is 0 Å². The highest BCUT2D eigenvalue weighted by Gasteiger charge is 2.12. The van der Waals surface area contributed by atoms with Crippen LogP contribution in [0.4, 0.5) is 0 Å². The van der Waals surface area contributed by atoms with E-state index < -0.39 is 0 Å². The molecule has 6 nitrogen and oxygen atoms in total. The lowest BCUT2D eigenvalue weighted by Crippen LogP contribution is -1.95. The Morgan fingerprint density at radius 3 is 2.62 bits per heavy atom. The number of hydrogen-bond donors (Lipinski definition) is 1. The zero-order valence-electron chi connectivity index (χ0n) is 13.8. The molecule has 0 bridgehead atoms. The summed E-state index contributed by atoms with van der Waals surface area (Å²) < 4.78 is 7.85. The van der Waals surface area contributed by atoms with Crippen molar-refractivity contribution in [3.8, 4) is 17.1 Å². The second kappa shape index (κ2) is 6.00. The zero-order valence-corrected chi connectivity index (χ0v) is 13.8. The van der Waals surface area contributed by atoms with E-state index in [1.54, 1.807) is 6.20 Å². The first-order valence-electron chi connectivity index (χ1n) is 8.33. The Bertz CT molecular complexity index is 1180. The van der Waals surface area contributed by atoms with Gasteiger partial charge in [-0.05, 0) is 35.9 Å². The monoisotopic (exact) mass is 341 g/mol. The molecule has 126 valence electrons. The van der Waals surface area contributed by atoms with E-state index in [-0.39, 0.29) is 0 Å². The maximum absolute atomic E-state index is 5.85. The molecule has 0 unspecified atom stereocenters. The Hall–Kier alpha value is -3.67. The van der Waals surface area contributed by atoms with Crippen molar-refractivity contribution in [3.63, 3.8) is 0 Å². The number of aromatic nitrogens is 5. The van der Waals surface area contributed by atoms with E-state index in [0.717, 1.165) is 39.5 Å². The van der Waals surface area contributed by atoms with Crippen LogP contribution in [0.2, 0.25) is 0 Å². The van der Waals surface area contributed by atoms with Crippen LogP contribution < -0.4 is 4.74 Å². The van der Waals surface area contributed by atoms with Crippen molar-refractivity contribution in [2.24, 2.45) is 0 Å². The van der Waals surface area contributed by atoms with Gasteiger partial charge in [-0.3, -0.25) is 4.40 Å². The summed E-state index contributed by atoms with van der Waals surface area (Å²) in [7, 11) is 0. The summed E-state index contributed by atoms with van der Waals surface area (Å²) in [5.41, 5.74) is 4.59. The number of nitrogens with zero attached hydrogens (tertiary/aromatic N) is 4. The first kappa shape index (κ1) is 14.7. The van der Waals surface area contributed by atoms with Crippen molar-refractivity contribution in [1.82, 2.24) is 24.6 Å². The average Bonchev–Trinajstić information content (AvgIpc) is 3.34. The van der Waals surface area contributed by atoms with Crippen molar-refractivity contribution in [3.05, 3.63) is 78.6 Å². The average molecular weight is 341 g/mol. The summed E-state index contributed by atoms with van der Waals surface area (Å²) in [6, 6.07) is 20.0. The predicted octanol–water partition coefficient (Wildman–Crippen LogP) is 3.85. The smallest absolute Gasteiger partial charge is 0.180 e. The van der Waals surface area contributed by atoms with Gasteiger partial charge in [-0.1, -0.05) is 30.3 Å². The molecule has 2 aromatic carbocycles. The summed E-state index contributed by atoms with van der Waals surface area (Å²) in [5.74, 6) is 1.60. The first-order valence-corrected chi connectivity index (χ1v) is 8.33. The molecule has 3 aromatic heterocycles. The van der Waals surface area contributed by atoms with E-state index in [2.05, 4.69) is 20.2 Å². The Labute approximate surface area is 149 Å². The van der Waals surface area contributed by atoms with Gasteiger partial charge >= 0.3 is 0 Å². The third kappa shape index (κ3) is 2.48. The van der Waals surface area contributed by atoms with Crippen LogP contribution in [-0.4, -0.2) is 24.6 Å². The van der Waals surface area contributed by atoms with Crippen LogP contribution in [0.1, 0.15) is 5.56 Å². The van der Waals surface area contributed by atoms with Crippen LogP contribution in [-0.2, 0) is 6.61 Å². The van der Waals surface area contributed by atoms with Crippen LogP contribution in [0.3, 0.4) is 0 Å².